The summed E-state index contributed by atoms with van der Waals surface area (Å²) in [4.78, 5) is 33.1. The lowest BCUT2D eigenvalue weighted by Gasteiger charge is -2.35. The fraction of sp³-hybridized carbons (Fsp3) is 0.520. The molecule has 0 bridgehead atoms. The van der Waals surface area contributed by atoms with Crippen LogP contribution < -0.4 is 10.2 Å². The zero-order valence-electron chi connectivity index (χ0n) is 20.3. The molecule has 0 radical (unpaired) electrons. The van der Waals surface area contributed by atoms with E-state index in [4.69, 9.17) is 9.97 Å². The molecule has 0 spiro atoms. The second-order valence-electron chi connectivity index (χ2n) is 9.65. The van der Waals surface area contributed by atoms with E-state index in [1.54, 1.807) is 0 Å². The first kappa shape index (κ1) is 22.6. The molecule has 1 aliphatic carbocycles. The minimum Gasteiger partial charge on any atom is -0.338 e. The Morgan fingerprint density at radius 1 is 1.18 bits per heavy atom. The highest BCUT2D eigenvalue weighted by atomic mass is 16.2. The number of aromatic nitrogens is 4. The first-order valence-corrected chi connectivity index (χ1v) is 12.3. The maximum Gasteiger partial charge on any atom is 0.317 e. The van der Waals surface area contributed by atoms with Crippen molar-refractivity contribution in [2.45, 2.75) is 51.7 Å². The van der Waals surface area contributed by atoms with Gasteiger partial charge < -0.3 is 15.1 Å². The largest absolute Gasteiger partial charge is 0.338 e. The first-order chi connectivity index (χ1) is 16.5. The predicted octanol–water partition coefficient (Wildman–Crippen LogP) is 2.87. The van der Waals surface area contributed by atoms with E-state index in [1.165, 1.54) is 17.7 Å². The van der Waals surface area contributed by atoms with Crippen LogP contribution in [0, 0.1) is 0 Å². The summed E-state index contributed by atoms with van der Waals surface area (Å²) in [5.74, 6) is 0.882. The number of hydrogen-bond donors (Lipinski definition) is 1. The molecule has 9 heteroatoms. The van der Waals surface area contributed by atoms with Crippen molar-refractivity contribution in [2.75, 3.05) is 38.1 Å². The van der Waals surface area contributed by atoms with Crippen LogP contribution in [0.5, 0.6) is 0 Å². The van der Waals surface area contributed by atoms with Gasteiger partial charge in [-0.05, 0) is 57.9 Å². The van der Waals surface area contributed by atoms with Crippen LogP contribution in [0.1, 0.15) is 49.7 Å². The number of carbonyl (C=O) groups excluding carboxylic acids is 1. The zero-order chi connectivity index (χ0) is 23.7. The van der Waals surface area contributed by atoms with Crippen molar-refractivity contribution < 1.29 is 4.79 Å². The standard InChI is InChI=1S/C25H34N8O/c1-18(2)28-25(34)32-14-12-31(13-15-32)24-27-11-9-22-29-20(17-33(22)24)16-30(3)21-8-4-6-19-7-5-10-26-23(19)21/h5,7,9-11,17-18,21H,4,6,8,12-16H2,1-3H3,(H,28,34)/t21-/m0/s1. The van der Waals surface area contributed by atoms with Crippen molar-refractivity contribution in [1.29, 1.82) is 0 Å². The number of carbonyl (C=O) groups is 1. The number of nitrogens with one attached hydrogen (secondary N) is 1. The Bertz CT molecular complexity index is 1150. The lowest BCUT2D eigenvalue weighted by molar-refractivity contribution is 0.191. The van der Waals surface area contributed by atoms with Crippen LogP contribution in [0.3, 0.4) is 0 Å². The maximum atomic E-state index is 12.3. The van der Waals surface area contributed by atoms with Crippen LogP contribution in [-0.4, -0.2) is 74.5 Å². The molecule has 2 aliphatic rings. The summed E-state index contributed by atoms with van der Waals surface area (Å²) in [6, 6.07) is 6.66. The van der Waals surface area contributed by atoms with E-state index in [0.717, 1.165) is 49.8 Å². The SMILES string of the molecule is CC(C)NC(=O)N1CCN(c2nccc3nc(CN(C)[C@H]4CCCc5cccnc54)cn23)CC1. The molecule has 180 valence electrons. The molecule has 4 heterocycles. The number of rotatable bonds is 5. The van der Waals surface area contributed by atoms with Crippen molar-refractivity contribution in [3.63, 3.8) is 0 Å². The molecular weight excluding hydrogens is 428 g/mol. The summed E-state index contributed by atoms with van der Waals surface area (Å²) >= 11 is 0. The van der Waals surface area contributed by atoms with Crippen molar-refractivity contribution in [2.24, 2.45) is 0 Å². The monoisotopic (exact) mass is 462 g/mol. The Hall–Kier alpha value is -3.20. The summed E-state index contributed by atoms with van der Waals surface area (Å²) < 4.78 is 2.08. The van der Waals surface area contributed by atoms with E-state index < -0.39 is 0 Å². The molecule has 0 aromatic carbocycles. The summed E-state index contributed by atoms with van der Waals surface area (Å²) in [5, 5.41) is 2.98. The van der Waals surface area contributed by atoms with Crippen molar-refractivity contribution in [3.05, 3.63) is 53.7 Å². The Balaban J connectivity index is 1.30. The number of amides is 2. The van der Waals surface area contributed by atoms with E-state index in [-0.39, 0.29) is 12.1 Å². The van der Waals surface area contributed by atoms with Gasteiger partial charge in [-0.25, -0.2) is 14.8 Å². The summed E-state index contributed by atoms with van der Waals surface area (Å²) in [5.41, 5.74) is 4.50. The highest BCUT2D eigenvalue weighted by molar-refractivity contribution is 5.74. The van der Waals surface area contributed by atoms with E-state index in [9.17, 15) is 4.79 Å². The Morgan fingerprint density at radius 2 is 2.00 bits per heavy atom. The topological polar surface area (TPSA) is 81.9 Å². The third-order valence-electron chi connectivity index (χ3n) is 6.78. The second-order valence-corrected chi connectivity index (χ2v) is 9.65. The normalized spacial score (nSPS) is 18.6. The van der Waals surface area contributed by atoms with Gasteiger partial charge >= 0.3 is 6.03 Å². The van der Waals surface area contributed by atoms with Gasteiger partial charge in [0.05, 0.1) is 17.4 Å². The van der Waals surface area contributed by atoms with Crippen LogP contribution in [0.2, 0.25) is 0 Å². The van der Waals surface area contributed by atoms with E-state index in [2.05, 4.69) is 43.8 Å². The van der Waals surface area contributed by atoms with E-state index in [1.807, 2.05) is 43.3 Å². The minimum atomic E-state index is 0.00699. The average Bonchev–Trinajstić information content (AvgIpc) is 3.25. The number of nitrogens with zero attached hydrogens (tertiary/aromatic N) is 7. The number of piperazine rings is 1. The van der Waals surface area contributed by atoms with Crippen LogP contribution in [0.25, 0.3) is 5.65 Å². The number of urea groups is 1. The molecular formula is C25H34N8O. The molecule has 1 atom stereocenters. The van der Waals surface area contributed by atoms with Gasteiger partial charge in [0.2, 0.25) is 5.95 Å². The minimum absolute atomic E-state index is 0.00699. The number of fused-ring (bicyclic) bond motifs is 2. The summed E-state index contributed by atoms with van der Waals surface area (Å²) in [7, 11) is 2.17. The Labute approximate surface area is 200 Å². The van der Waals surface area contributed by atoms with Gasteiger partial charge in [0.1, 0.15) is 5.65 Å². The third-order valence-corrected chi connectivity index (χ3v) is 6.78. The highest BCUT2D eigenvalue weighted by Gasteiger charge is 2.26. The number of imidazole rings is 1. The molecule has 3 aromatic heterocycles. The highest BCUT2D eigenvalue weighted by Crippen LogP contribution is 2.32. The summed E-state index contributed by atoms with van der Waals surface area (Å²) in [6.45, 7) is 7.56. The van der Waals surface area contributed by atoms with Crippen LogP contribution in [0.15, 0.2) is 36.8 Å². The lowest BCUT2D eigenvalue weighted by atomic mass is 9.91. The van der Waals surface area contributed by atoms with Crippen LogP contribution in [-0.2, 0) is 13.0 Å². The third kappa shape index (κ3) is 4.57. The number of pyridine rings is 1. The molecule has 1 aliphatic heterocycles. The molecule has 1 N–H and O–H groups in total. The first-order valence-electron chi connectivity index (χ1n) is 12.3. The van der Waals surface area contributed by atoms with E-state index in [0.29, 0.717) is 19.1 Å². The summed E-state index contributed by atoms with van der Waals surface area (Å²) in [6.07, 6.45) is 9.26. The maximum absolute atomic E-state index is 12.3. The molecule has 0 saturated carbocycles. The lowest BCUT2D eigenvalue weighted by Crippen LogP contribution is -2.53. The predicted molar refractivity (Wildman–Crippen MR) is 132 cm³/mol. The number of anilines is 1. The van der Waals surface area contributed by atoms with Gasteiger partial charge in [0, 0.05) is 57.4 Å². The van der Waals surface area contributed by atoms with Crippen LogP contribution in [0.4, 0.5) is 10.7 Å². The fourth-order valence-corrected chi connectivity index (χ4v) is 5.09. The number of aryl methyl sites for hydroxylation is 1. The average molecular weight is 463 g/mol. The van der Waals surface area contributed by atoms with E-state index >= 15 is 0 Å². The van der Waals surface area contributed by atoms with Crippen molar-refractivity contribution in [1.82, 2.24) is 34.5 Å². The van der Waals surface area contributed by atoms with Gasteiger partial charge in [-0.3, -0.25) is 14.3 Å². The van der Waals surface area contributed by atoms with Gasteiger partial charge in [-0.15, -0.1) is 0 Å². The smallest absolute Gasteiger partial charge is 0.317 e. The molecule has 34 heavy (non-hydrogen) atoms. The zero-order valence-corrected chi connectivity index (χ0v) is 20.3. The molecule has 2 amide bonds. The second kappa shape index (κ2) is 9.58. The van der Waals surface area contributed by atoms with Crippen molar-refractivity contribution in [3.8, 4) is 0 Å². The van der Waals surface area contributed by atoms with Gasteiger partial charge in [0.15, 0.2) is 0 Å². The van der Waals surface area contributed by atoms with Crippen molar-refractivity contribution >= 4 is 17.6 Å². The molecule has 0 unspecified atom stereocenters. The molecule has 5 rings (SSSR count). The molecule has 9 nitrogen and oxygen atoms in total. The van der Waals surface area contributed by atoms with Gasteiger partial charge in [-0.2, -0.15) is 0 Å². The van der Waals surface area contributed by atoms with Gasteiger partial charge in [0.25, 0.3) is 0 Å². The Morgan fingerprint density at radius 3 is 2.79 bits per heavy atom. The molecule has 1 saturated heterocycles. The fourth-order valence-electron chi connectivity index (χ4n) is 5.09. The number of hydrogen-bond acceptors (Lipinski definition) is 6. The van der Waals surface area contributed by atoms with Gasteiger partial charge in [-0.1, -0.05) is 6.07 Å². The quantitative estimate of drug-likeness (QED) is 0.628. The van der Waals surface area contributed by atoms with Crippen LogP contribution >= 0.6 is 0 Å². The Kier molecular flexibility index (Phi) is 6.36. The molecule has 1 fully saturated rings. The molecule has 3 aromatic rings.